The van der Waals surface area contributed by atoms with Crippen molar-refractivity contribution in [1.82, 2.24) is 20.1 Å². The summed E-state index contributed by atoms with van der Waals surface area (Å²) in [6.45, 7) is 2.64. The number of benzene rings is 1. The standard InChI is InChI=1S/C28H29N5O5S2/c1-2-37-27(36)24-19-11-6-7-13-21(19)40-26(24)30-23(34)17-39-28-32-31-22(15-29-25(35)20-12-8-14-38-20)33(28)16-18-9-4-3-5-10-18/h3-5,8-10,12,14H,2,6-7,11,13,15-17H2,1H3,(H,29,35)(H,30,34). The number of nitrogens with zero attached hydrogens (tertiary/aromatic N) is 3. The van der Waals surface area contributed by atoms with E-state index in [-0.39, 0.29) is 36.5 Å². The largest absolute Gasteiger partial charge is 0.462 e. The van der Waals surface area contributed by atoms with Crippen LogP contribution in [0.3, 0.4) is 0 Å². The molecule has 0 bridgehead atoms. The first kappa shape index (κ1) is 27.7. The number of ether oxygens (including phenoxy) is 1. The van der Waals surface area contributed by atoms with Crippen LogP contribution < -0.4 is 10.6 Å². The summed E-state index contributed by atoms with van der Waals surface area (Å²) in [5.41, 5.74) is 2.51. The lowest BCUT2D eigenvalue weighted by molar-refractivity contribution is -0.113. The fourth-order valence-corrected chi connectivity index (χ4v) is 6.55. The van der Waals surface area contributed by atoms with Crippen LogP contribution >= 0.6 is 23.1 Å². The number of furan rings is 1. The molecule has 3 heterocycles. The van der Waals surface area contributed by atoms with Crippen molar-refractivity contribution in [2.75, 3.05) is 17.7 Å². The van der Waals surface area contributed by atoms with Gasteiger partial charge in [0.1, 0.15) is 5.00 Å². The highest BCUT2D eigenvalue weighted by Crippen LogP contribution is 2.38. The molecule has 0 radical (unpaired) electrons. The third kappa shape index (κ3) is 6.45. The third-order valence-electron chi connectivity index (χ3n) is 6.37. The molecule has 12 heteroatoms. The summed E-state index contributed by atoms with van der Waals surface area (Å²) in [6.07, 6.45) is 5.24. The molecule has 4 aromatic rings. The van der Waals surface area contributed by atoms with Crippen LogP contribution in [-0.2, 0) is 35.5 Å². The Bertz CT molecular complexity index is 1480. The fraction of sp³-hybridized carbons (Fsp3) is 0.321. The molecule has 10 nitrogen and oxygen atoms in total. The van der Waals surface area contributed by atoms with Crippen molar-refractivity contribution in [2.45, 2.75) is 50.9 Å². The van der Waals surface area contributed by atoms with Gasteiger partial charge in [-0.15, -0.1) is 21.5 Å². The van der Waals surface area contributed by atoms with E-state index in [1.54, 1.807) is 19.1 Å². The summed E-state index contributed by atoms with van der Waals surface area (Å²) >= 11 is 2.70. The van der Waals surface area contributed by atoms with E-state index in [4.69, 9.17) is 9.15 Å². The van der Waals surface area contributed by atoms with Gasteiger partial charge in [0, 0.05) is 4.88 Å². The lowest BCUT2D eigenvalue weighted by Crippen LogP contribution is -2.24. The molecule has 1 aliphatic carbocycles. The van der Waals surface area contributed by atoms with Gasteiger partial charge in [0.2, 0.25) is 5.91 Å². The highest BCUT2D eigenvalue weighted by molar-refractivity contribution is 7.99. The zero-order valence-corrected chi connectivity index (χ0v) is 23.6. The average Bonchev–Trinajstić information content (AvgIpc) is 3.71. The Morgan fingerprint density at radius 3 is 2.70 bits per heavy atom. The number of hydrogen-bond acceptors (Lipinski definition) is 9. The van der Waals surface area contributed by atoms with Crippen LogP contribution in [0.2, 0.25) is 0 Å². The second-order valence-corrected chi connectivity index (χ2v) is 11.2. The summed E-state index contributed by atoms with van der Waals surface area (Å²) in [7, 11) is 0. The highest BCUT2D eigenvalue weighted by atomic mass is 32.2. The quantitative estimate of drug-likeness (QED) is 0.193. The normalized spacial score (nSPS) is 12.5. The molecule has 3 aromatic heterocycles. The second kappa shape index (κ2) is 13.0. The molecule has 5 rings (SSSR count). The lowest BCUT2D eigenvalue weighted by atomic mass is 9.95. The molecule has 0 unspecified atom stereocenters. The van der Waals surface area contributed by atoms with Crippen molar-refractivity contribution in [3.63, 3.8) is 0 Å². The Labute approximate surface area is 239 Å². The molecule has 0 fully saturated rings. The number of carbonyl (C=O) groups excluding carboxylic acids is 3. The zero-order chi connectivity index (χ0) is 27.9. The zero-order valence-electron chi connectivity index (χ0n) is 22.0. The number of nitrogens with one attached hydrogen (secondary N) is 2. The maximum absolute atomic E-state index is 13.1. The Morgan fingerprint density at radius 1 is 1.10 bits per heavy atom. The first-order valence-corrected chi connectivity index (χ1v) is 14.9. The number of anilines is 1. The van der Waals surface area contributed by atoms with E-state index >= 15 is 0 Å². The first-order chi connectivity index (χ1) is 19.5. The van der Waals surface area contributed by atoms with Crippen molar-refractivity contribution in [3.8, 4) is 0 Å². The van der Waals surface area contributed by atoms with E-state index < -0.39 is 5.97 Å². The molecule has 0 aliphatic heterocycles. The molecule has 2 N–H and O–H groups in total. The number of rotatable bonds is 11. The Balaban J connectivity index is 1.30. The maximum Gasteiger partial charge on any atom is 0.341 e. The van der Waals surface area contributed by atoms with E-state index in [0.717, 1.165) is 41.7 Å². The molecular formula is C28H29N5O5S2. The monoisotopic (exact) mass is 579 g/mol. The van der Waals surface area contributed by atoms with E-state index in [0.29, 0.717) is 28.1 Å². The van der Waals surface area contributed by atoms with Crippen molar-refractivity contribution in [3.05, 3.63) is 81.9 Å². The number of fused-ring (bicyclic) bond motifs is 1. The fourth-order valence-electron chi connectivity index (χ4n) is 4.50. The molecular weight excluding hydrogens is 550 g/mol. The van der Waals surface area contributed by atoms with Crippen molar-refractivity contribution >= 4 is 45.9 Å². The number of amides is 2. The maximum atomic E-state index is 13.1. The minimum absolute atomic E-state index is 0.0660. The first-order valence-electron chi connectivity index (χ1n) is 13.1. The Kier molecular flexibility index (Phi) is 8.97. The van der Waals surface area contributed by atoms with Gasteiger partial charge in [-0.2, -0.15) is 0 Å². The highest BCUT2D eigenvalue weighted by Gasteiger charge is 2.27. The number of thiophene rings is 1. The molecule has 40 heavy (non-hydrogen) atoms. The molecule has 0 spiro atoms. The average molecular weight is 580 g/mol. The van der Waals surface area contributed by atoms with Gasteiger partial charge in [0.25, 0.3) is 5.91 Å². The predicted molar refractivity (Wildman–Crippen MR) is 152 cm³/mol. The van der Waals surface area contributed by atoms with Gasteiger partial charge in [-0.3, -0.25) is 9.59 Å². The van der Waals surface area contributed by atoms with E-state index in [1.165, 1.54) is 29.4 Å². The van der Waals surface area contributed by atoms with E-state index in [2.05, 4.69) is 20.8 Å². The molecule has 2 amide bonds. The number of esters is 1. The van der Waals surface area contributed by atoms with Gasteiger partial charge in [0.15, 0.2) is 16.7 Å². The Hall–Kier alpha value is -3.90. The van der Waals surface area contributed by atoms with Gasteiger partial charge in [-0.05, 0) is 55.9 Å². The van der Waals surface area contributed by atoms with Crippen LogP contribution in [0, 0.1) is 0 Å². The van der Waals surface area contributed by atoms with Gasteiger partial charge in [-0.25, -0.2) is 4.79 Å². The topological polar surface area (TPSA) is 128 Å². The van der Waals surface area contributed by atoms with Crippen LogP contribution in [0.1, 0.15) is 62.5 Å². The second-order valence-electron chi connectivity index (χ2n) is 9.10. The summed E-state index contributed by atoms with van der Waals surface area (Å²) in [6, 6.07) is 13.0. The van der Waals surface area contributed by atoms with Gasteiger partial charge < -0.3 is 24.4 Å². The van der Waals surface area contributed by atoms with Crippen molar-refractivity contribution in [1.29, 1.82) is 0 Å². The lowest BCUT2D eigenvalue weighted by Gasteiger charge is -2.12. The van der Waals surface area contributed by atoms with Crippen molar-refractivity contribution < 1.29 is 23.5 Å². The predicted octanol–water partition coefficient (Wildman–Crippen LogP) is 4.70. The molecule has 1 aliphatic rings. The SMILES string of the molecule is CCOC(=O)c1c(NC(=O)CSc2nnc(CNC(=O)c3ccco3)n2Cc2ccccc2)sc2c1CCCC2. The van der Waals surface area contributed by atoms with Crippen LogP contribution in [0.25, 0.3) is 0 Å². The molecule has 0 saturated heterocycles. The summed E-state index contributed by atoms with van der Waals surface area (Å²) in [4.78, 5) is 39.3. The number of hydrogen-bond donors (Lipinski definition) is 2. The minimum atomic E-state index is -0.395. The van der Waals surface area contributed by atoms with Crippen LogP contribution in [0.15, 0.2) is 58.3 Å². The summed E-state index contributed by atoms with van der Waals surface area (Å²) < 4.78 is 12.3. The molecule has 208 valence electrons. The van der Waals surface area contributed by atoms with Gasteiger partial charge in [-0.1, -0.05) is 42.1 Å². The van der Waals surface area contributed by atoms with Crippen LogP contribution in [0.5, 0.6) is 0 Å². The molecule has 0 atom stereocenters. The molecule has 0 saturated carbocycles. The molecule has 1 aromatic carbocycles. The van der Waals surface area contributed by atoms with E-state index in [1.807, 2.05) is 34.9 Å². The summed E-state index contributed by atoms with van der Waals surface area (Å²) in [5.74, 6) is -0.190. The van der Waals surface area contributed by atoms with Gasteiger partial charge >= 0.3 is 5.97 Å². The number of aryl methyl sites for hydroxylation is 1. The minimum Gasteiger partial charge on any atom is -0.462 e. The summed E-state index contributed by atoms with van der Waals surface area (Å²) in [5, 5.41) is 15.4. The van der Waals surface area contributed by atoms with E-state index in [9.17, 15) is 14.4 Å². The smallest absolute Gasteiger partial charge is 0.341 e. The number of thioether (sulfide) groups is 1. The number of carbonyl (C=O) groups is 3. The van der Waals surface area contributed by atoms with Gasteiger partial charge in [0.05, 0.1) is 37.3 Å². The van der Waals surface area contributed by atoms with Crippen molar-refractivity contribution in [2.24, 2.45) is 0 Å². The Morgan fingerprint density at radius 2 is 1.93 bits per heavy atom. The number of aromatic nitrogens is 3. The third-order valence-corrected chi connectivity index (χ3v) is 8.54. The van der Waals surface area contributed by atoms with Crippen LogP contribution in [-0.4, -0.2) is 44.9 Å². The van der Waals surface area contributed by atoms with Crippen LogP contribution in [0.4, 0.5) is 5.00 Å².